The smallest absolute Gasteiger partial charge is 0.0490 e. The first-order valence-electron chi connectivity index (χ1n) is 4.49. The number of nitrogen functional groups attached to an aromatic ring is 1. The zero-order valence-electron chi connectivity index (χ0n) is 7.60. The van der Waals surface area contributed by atoms with Crippen molar-refractivity contribution in [3.63, 3.8) is 0 Å². The van der Waals surface area contributed by atoms with Crippen molar-refractivity contribution in [2.24, 2.45) is 0 Å². The largest absolute Gasteiger partial charge is 0.398 e. The maximum atomic E-state index is 5.78. The van der Waals surface area contributed by atoms with E-state index in [1.807, 2.05) is 13.0 Å². The second-order valence-electron chi connectivity index (χ2n) is 3.61. The molecule has 2 rings (SSSR count). The van der Waals surface area contributed by atoms with Gasteiger partial charge in [-0.15, -0.1) is 0 Å². The van der Waals surface area contributed by atoms with Crippen LogP contribution in [-0.4, -0.2) is 6.04 Å². The van der Waals surface area contributed by atoms with Crippen LogP contribution < -0.4 is 11.1 Å². The van der Waals surface area contributed by atoms with Crippen molar-refractivity contribution < 1.29 is 0 Å². The molecule has 0 saturated heterocycles. The summed E-state index contributed by atoms with van der Waals surface area (Å²) in [5.41, 5.74) is 8.91. The van der Waals surface area contributed by atoms with Crippen molar-refractivity contribution >= 4 is 27.3 Å². The quantitative estimate of drug-likeness (QED) is 0.781. The summed E-state index contributed by atoms with van der Waals surface area (Å²) in [6, 6.07) is 4.73. The van der Waals surface area contributed by atoms with Crippen LogP contribution in [0.1, 0.15) is 18.4 Å². The molecule has 0 radical (unpaired) electrons. The van der Waals surface area contributed by atoms with Gasteiger partial charge in [0.25, 0.3) is 0 Å². The molecule has 0 aliphatic heterocycles. The molecule has 13 heavy (non-hydrogen) atoms. The topological polar surface area (TPSA) is 38.0 Å². The second kappa shape index (κ2) is 3.22. The SMILES string of the molecule is Cc1cc(NC2CC2)c(Br)cc1N. The van der Waals surface area contributed by atoms with Gasteiger partial charge in [-0.3, -0.25) is 0 Å². The van der Waals surface area contributed by atoms with Gasteiger partial charge in [-0.2, -0.15) is 0 Å². The second-order valence-corrected chi connectivity index (χ2v) is 4.46. The molecule has 1 fully saturated rings. The van der Waals surface area contributed by atoms with E-state index in [-0.39, 0.29) is 0 Å². The summed E-state index contributed by atoms with van der Waals surface area (Å²) in [6.07, 6.45) is 2.58. The lowest BCUT2D eigenvalue weighted by molar-refractivity contribution is 1.15. The van der Waals surface area contributed by atoms with Gasteiger partial charge in [0.2, 0.25) is 0 Å². The molecule has 1 saturated carbocycles. The first-order valence-corrected chi connectivity index (χ1v) is 5.28. The monoisotopic (exact) mass is 240 g/mol. The van der Waals surface area contributed by atoms with Gasteiger partial charge in [0.05, 0.1) is 0 Å². The summed E-state index contributed by atoms with van der Waals surface area (Å²) < 4.78 is 1.06. The number of anilines is 2. The van der Waals surface area contributed by atoms with E-state index in [9.17, 15) is 0 Å². The molecule has 2 nitrogen and oxygen atoms in total. The molecule has 0 amide bonds. The van der Waals surface area contributed by atoms with Gasteiger partial charge in [-0.25, -0.2) is 0 Å². The zero-order valence-corrected chi connectivity index (χ0v) is 9.19. The van der Waals surface area contributed by atoms with Gasteiger partial charge in [0.1, 0.15) is 0 Å². The minimum atomic E-state index is 0.680. The molecule has 0 aromatic heterocycles. The van der Waals surface area contributed by atoms with Gasteiger partial charge in [-0.05, 0) is 53.4 Å². The Hall–Kier alpha value is -0.700. The number of rotatable bonds is 2. The maximum absolute atomic E-state index is 5.78. The summed E-state index contributed by atoms with van der Waals surface area (Å²) in [7, 11) is 0. The highest BCUT2D eigenvalue weighted by molar-refractivity contribution is 9.10. The molecule has 0 heterocycles. The molecule has 0 bridgehead atoms. The summed E-state index contributed by atoms with van der Waals surface area (Å²) in [5, 5.41) is 3.45. The van der Waals surface area contributed by atoms with Crippen molar-refractivity contribution in [2.75, 3.05) is 11.1 Å². The highest BCUT2D eigenvalue weighted by atomic mass is 79.9. The van der Waals surface area contributed by atoms with E-state index < -0.39 is 0 Å². The lowest BCUT2D eigenvalue weighted by Gasteiger charge is -2.09. The van der Waals surface area contributed by atoms with Gasteiger partial charge >= 0.3 is 0 Å². The van der Waals surface area contributed by atoms with E-state index in [4.69, 9.17) is 5.73 Å². The van der Waals surface area contributed by atoms with Crippen LogP contribution in [0.2, 0.25) is 0 Å². The summed E-state index contributed by atoms with van der Waals surface area (Å²) >= 11 is 3.50. The summed E-state index contributed by atoms with van der Waals surface area (Å²) in [6.45, 7) is 2.03. The standard InChI is InChI=1S/C10H13BrN2/c1-6-4-10(13-7-2-3-7)8(11)5-9(6)12/h4-5,7,13H,2-3,12H2,1H3. The number of aryl methyl sites for hydroxylation is 1. The van der Waals surface area contributed by atoms with Crippen LogP contribution in [0.25, 0.3) is 0 Å². The first kappa shape index (κ1) is 8.88. The van der Waals surface area contributed by atoms with Crippen molar-refractivity contribution in [2.45, 2.75) is 25.8 Å². The molecule has 1 aliphatic rings. The van der Waals surface area contributed by atoms with Crippen molar-refractivity contribution in [1.29, 1.82) is 0 Å². The van der Waals surface area contributed by atoms with E-state index in [2.05, 4.69) is 27.3 Å². The fourth-order valence-corrected chi connectivity index (χ4v) is 1.73. The Kier molecular flexibility index (Phi) is 2.20. The van der Waals surface area contributed by atoms with Crippen molar-refractivity contribution in [3.8, 4) is 0 Å². The first-order chi connectivity index (χ1) is 6.16. The highest BCUT2D eigenvalue weighted by Gasteiger charge is 2.21. The predicted molar refractivity (Wildman–Crippen MR) is 59.9 cm³/mol. The lowest BCUT2D eigenvalue weighted by Crippen LogP contribution is -2.02. The van der Waals surface area contributed by atoms with E-state index in [1.165, 1.54) is 12.8 Å². The van der Waals surface area contributed by atoms with Gasteiger partial charge in [0, 0.05) is 21.9 Å². The average molecular weight is 241 g/mol. The van der Waals surface area contributed by atoms with Gasteiger partial charge in [0.15, 0.2) is 0 Å². The molecule has 0 spiro atoms. The Morgan fingerprint density at radius 3 is 2.77 bits per heavy atom. The maximum Gasteiger partial charge on any atom is 0.0490 e. The number of hydrogen-bond acceptors (Lipinski definition) is 2. The third-order valence-corrected chi connectivity index (χ3v) is 2.95. The van der Waals surface area contributed by atoms with E-state index in [0.29, 0.717) is 6.04 Å². The number of nitrogens with two attached hydrogens (primary N) is 1. The Balaban J connectivity index is 2.27. The third kappa shape index (κ3) is 1.97. The van der Waals surface area contributed by atoms with Crippen molar-refractivity contribution in [3.05, 3.63) is 22.2 Å². The van der Waals surface area contributed by atoms with Crippen LogP contribution in [0.4, 0.5) is 11.4 Å². The average Bonchev–Trinajstić information content (AvgIpc) is 2.84. The normalized spacial score (nSPS) is 15.8. The van der Waals surface area contributed by atoms with Crippen LogP contribution in [-0.2, 0) is 0 Å². The van der Waals surface area contributed by atoms with Crippen LogP contribution in [0.5, 0.6) is 0 Å². The highest BCUT2D eigenvalue weighted by Crippen LogP contribution is 2.32. The van der Waals surface area contributed by atoms with E-state index >= 15 is 0 Å². The molecule has 70 valence electrons. The van der Waals surface area contributed by atoms with Crippen LogP contribution >= 0.6 is 15.9 Å². The minimum Gasteiger partial charge on any atom is -0.398 e. The molecule has 1 aromatic rings. The lowest BCUT2D eigenvalue weighted by atomic mass is 10.2. The van der Waals surface area contributed by atoms with Gasteiger partial charge in [-0.1, -0.05) is 0 Å². The summed E-state index contributed by atoms with van der Waals surface area (Å²) in [4.78, 5) is 0. The Labute approximate surface area is 86.6 Å². The fraction of sp³-hybridized carbons (Fsp3) is 0.400. The number of halogens is 1. The minimum absolute atomic E-state index is 0.680. The van der Waals surface area contributed by atoms with E-state index in [1.54, 1.807) is 0 Å². The third-order valence-electron chi connectivity index (χ3n) is 2.29. The predicted octanol–water partition coefficient (Wildman–Crippen LogP) is 2.91. The molecule has 3 heteroatoms. The molecule has 3 N–H and O–H groups in total. The number of hydrogen-bond donors (Lipinski definition) is 2. The Morgan fingerprint density at radius 2 is 2.15 bits per heavy atom. The number of benzene rings is 1. The van der Waals surface area contributed by atoms with Crippen LogP contribution in [0.3, 0.4) is 0 Å². The molecule has 0 unspecified atom stereocenters. The molecule has 1 aliphatic carbocycles. The zero-order chi connectivity index (χ0) is 9.42. The summed E-state index contributed by atoms with van der Waals surface area (Å²) in [5.74, 6) is 0. The Morgan fingerprint density at radius 1 is 1.46 bits per heavy atom. The van der Waals surface area contributed by atoms with Crippen LogP contribution in [0.15, 0.2) is 16.6 Å². The van der Waals surface area contributed by atoms with Crippen molar-refractivity contribution in [1.82, 2.24) is 0 Å². The molecule has 1 aromatic carbocycles. The fourth-order valence-electron chi connectivity index (χ4n) is 1.26. The van der Waals surface area contributed by atoms with Crippen LogP contribution in [0, 0.1) is 6.92 Å². The Bertz CT molecular complexity index is 332. The van der Waals surface area contributed by atoms with Gasteiger partial charge < -0.3 is 11.1 Å². The molecular formula is C10H13BrN2. The molecule has 0 atom stereocenters. The molecular weight excluding hydrogens is 228 g/mol. The van der Waals surface area contributed by atoms with E-state index in [0.717, 1.165) is 21.4 Å². The number of nitrogens with one attached hydrogen (secondary N) is 1.